The molecule has 3 N–H and O–H groups in total. The average molecular weight is 293 g/mol. The molecule has 0 saturated carbocycles. The van der Waals surface area contributed by atoms with Gasteiger partial charge in [-0.1, -0.05) is 11.6 Å². The smallest absolute Gasteiger partial charge is 0.123 e. The molecule has 2 nitrogen and oxygen atoms in total. The zero-order valence-corrected chi connectivity index (χ0v) is 11.4. The van der Waals surface area contributed by atoms with E-state index in [9.17, 15) is 4.39 Å². The van der Waals surface area contributed by atoms with Crippen molar-refractivity contribution >= 4 is 49.4 Å². The largest absolute Gasteiger partial charge is 0.389 e. The molecular weight excluding hydrogens is 283 g/mol. The van der Waals surface area contributed by atoms with Crippen LogP contribution in [0.4, 0.5) is 20.8 Å². The summed E-state index contributed by atoms with van der Waals surface area (Å²) in [4.78, 5) is 0. The lowest BCUT2D eigenvalue weighted by Gasteiger charge is -2.06. The van der Waals surface area contributed by atoms with Crippen LogP contribution in [0.2, 0.25) is 5.02 Å². The normalized spacial score (nSPS) is 10.8. The monoisotopic (exact) mass is 292 g/mol. The Balaban J connectivity index is 2.06. The zero-order valence-electron chi connectivity index (χ0n) is 9.78. The topological polar surface area (TPSA) is 38.0 Å². The summed E-state index contributed by atoms with van der Waals surface area (Å²) in [7, 11) is 0. The molecular formula is C14H10ClFN2S. The lowest BCUT2D eigenvalue weighted by molar-refractivity contribution is 0.628. The molecule has 0 aliphatic heterocycles. The number of fused-ring (bicyclic) bond motifs is 1. The maximum atomic E-state index is 12.9. The predicted octanol–water partition coefficient (Wildman–Crippen LogP) is 5.02. The second kappa shape index (κ2) is 4.72. The zero-order chi connectivity index (χ0) is 13.4. The number of anilines is 3. The summed E-state index contributed by atoms with van der Waals surface area (Å²) in [5, 5.41) is 5.52. The molecule has 0 fully saturated rings. The quantitative estimate of drug-likeness (QED) is 0.696. The Bertz CT molecular complexity index is 737. The Kier molecular flexibility index (Phi) is 3.05. The lowest BCUT2D eigenvalue weighted by Crippen LogP contribution is -1.93. The first-order valence-corrected chi connectivity index (χ1v) is 6.83. The van der Waals surface area contributed by atoms with Gasteiger partial charge in [-0.2, -0.15) is 0 Å². The number of rotatable bonds is 2. The first kappa shape index (κ1) is 12.3. The van der Waals surface area contributed by atoms with Crippen LogP contribution in [0.25, 0.3) is 10.1 Å². The molecule has 5 heteroatoms. The fraction of sp³-hybridized carbons (Fsp3) is 0. The molecule has 0 aliphatic rings. The molecule has 0 aliphatic carbocycles. The Morgan fingerprint density at radius 2 is 1.84 bits per heavy atom. The third-order valence-electron chi connectivity index (χ3n) is 2.79. The Morgan fingerprint density at radius 1 is 1.11 bits per heavy atom. The van der Waals surface area contributed by atoms with Crippen molar-refractivity contribution in [2.24, 2.45) is 0 Å². The number of hydrogen-bond acceptors (Lipinski definition) is 3. The van der Waals surface area contributed by atoms with Crippen LogP contribution in [0.15, 0.2) is 42.5 Å². The molecule has 96 valence electrons. The van der Waals surface area contributed by atoms with Crippen LogP contribution in [0, 0.1) is 5.82 Å². The van der Waals surface area contributed by atoms with Gasteiger partial charge in [0, 0.05) is 20.8 Å². The highest BCUT2D eigenvalue weighted by atomic mass is 35.5. The van der Waals surface area contributed by atoms with Gasteiger partial charge in [0.1, 0.15) is 10.8 Å². The van der Waals surface area contributed by atoms with Crippen LogP contribution in [-0.2, 0) is 0 Å². The van der Waals surface area contributed by atoms with Crippen molar-refractivity contribution in [3.63, 3.8) is 0 Å². The van der Waals surface area contributed by atoms with E-state index in [0.717, 1.165) is 21.5 Å². The molecule has 0 bridgehead atoms. The van der Waals surface area contributed by atoms with E-state index in [1.165, 1.54) is 23.5 Å². The molecule has 2 aromatic carbocycles. The van der Waals surface area contributed by atoms with E-state index >= 15 is 0 Å². The highest BCUT2D eigenvalue weighted by Crippen LogP contribution is 2.40. The third kappa shape index (κ3) is 2.37. The summed E-state index contributed by atoms with van der Waals surface area (Å²) < 4.78 is 13.9. The van der Waals surface area contributed by atoms with Crippen molar-refractivity contribution in [2.75, 3.05) is 11.1 Å². The highest BCUT2D eigenvalue weighted by molar-refractivity contribution is 7.23. The maximum absolute atomic E-state index is 12.9. The molecule has 1 heterocycles. The van der Waals surface area contributed by atoms with Crippen LogP contribution >= 0.6 is 22.9 Å². The van der Waals surface area contributed by atoms with Crippen molar-refractivity contribution in [3.05, 3.63) is 53.3 Å². The van der Waals surface area contributed by atoms with Gasteiger partial charge >= 0.3 is 0 Å². The fourth-order valence-corrected chi connectivity index (χ4v) is 2.97. The third-order valence-corrected chi connectivity index (χ3v) is 4.03. The number of hydrogen-bond donors (Lipinski definition) is 2. The first-order chi connectivity index (χ1) is 9.13. The molecule has 3 aromatic rings. The van der Waals surface area contributed by atoms with Gasteiger partial charge in [-0.3, -0.25) is 0 Å². The van der Waals surface area contributed by atoms with E-state index in [1.54, 1.807) is 12.1 Å². The minimum atomic E-state index is -0.267. The van der Waals surface area contributed by atoms with Crippen LogP contribution in [0.5, 0.6) is 0 Å². The van der Waals surface area contributed by atoms with Crippen molar-refractivity contribution in [1.29, 1.82) is 0 Å². The molecule has 19 heavy (non-hydrogen) atoms. The van der Waals surface area contributed by atoms with Gasteiger partial charge in [-0.05, 0) is 42.5 Å². The summed E-state index contributed by atoms with van der Waals surface area (Å²) in [6, 6.07) is 11.8. The van der Waals surface area contributed by atoms with Crippen molar-refractivity contribution in [1.82, 2.24) is 0 Å². The number of nitrogens with one attached hydrogen (secondary N) is 1. The predicted molar refractivity (Wildman–Crippen MR) is 80.9 cm³/mol. The second-order valence-corrected chi connectivity index (χ2v) is 5.63. The number of halogens is 2. The molecule has 0 saturated heterocycles. The van der Waals surface area contributed by atoms with Gasteiger partial charge in [0.15, 0.2) is 0 Å². The summed E-state index contributed by atoms with van der Waals surface area (Å²) in [5.74, 6) is -0.267. The molecule has 0 atom stereocenters. The Morgan fingerprint density at radius 3 is 2.58 bits per heavy atom. The Labute approximate surface area is 118 Å². The highest BCUT2D eigenvalue weighted by Gasteiger charge is 2.10. The molecule has 0 unspecified atom stereocenters. The van der Waals surface area contributed by atoms with Crippen LogP contribution < -0.4 is 11.1 Å². The van der Waals surface area contributed by atoms with Crippen molar-refractivity contribution in [2.45, 2.75) is 0 Å². The molecule has 0 spiro atoms. The number of thiophene rings is 1. The van der Waals surface area contributed by atoms with E-state index in [0.29, 0.717) is 10.0 Å². The van der Waals surface area contributed by atoms with Crippen molar-refractivity contribution in [3.8, 4) is 0 Å². The average Bonchev–Trinajstić information content (AvgIpc) is 2.69. The Hall–Kier alpha value is -1.78. The standard InChI is InChI=1S/C14H10ClFN2S/c15-8-1-6-12-11(7-8)13(14(17)19-12)18-10-4-2-9(16)3-5-10/h1-7,18H,17H2. The van der Waals surface area contributed by atoms with Gasteiger partial charge in [-0.15, -0.1) is 11.3 Å². The summed E-state index contributed by atoms with van der Waals surface area (Å²) in [6.07, 6.45) is 0. The minimum Gasteiger partial charge on any atom is -0.389 e. The second-order valence-electron chi connectivity index (χ2n) is 4.11. The van der Waals surface area contributed by atoms with Gasteiger partial charge in [0.25, 0.3) is 0 Å². The number of benzene rings is 2. The van der Waals surface area contributed by atoms with Crippen LogP contribution in [0.3, 0.4) is 0 Å². The van der Waals surface area contributed by atoms with Gasteiger partial charge in [0.05, 0.1) is 5.69 Å². The summed E-state index contributed by atoms with van der Waals surface area (Å²) in [5.41, 5.74) is 7.62. The maximum Gasteiger partial charge on any atom is 0.123 e. The van der Waals surface area contributed by atoms with Gasteiger partial charge < -0.3 is 11.1 Å². The summed E-state index contributed by atoms with van der Waals surface area (Å²) >= 11 is 7.50. The van der Waals surface area contributed by atoms with E-state index in [4.69, 9.17) is 17.3 Å². The lowest BCUT2D eigenvalue weighted by atomic mass is 10.2. The van der Waals surface area contributed by atoms with Gasteiger partial charge in [-0.25, -0.2) is 4.39 Å². The van der Waals surface area contributed by atoms with E-state index in [2.05, 4.69) is 5.32 Å². The van der Waals surface area contributed by atoms with Crippen LogP contribution in [-0.4, -0.2) is 0 Å². The number of nitrogens with two attached hydrogens (primary N) is 1. The molecule has 0 amide bonds. The fourth-order valence-electron chi connectivity index (χ4n) is 1.90. The number of nitrogen functional groups attached to an aromatic ring is 1. The van der Waals surface area contributed by atoms with Crippen molar-refractivity contribution < 1.29 is 4.39 Å². The molecule has 3 rings (SSSR count). The van der Waals surface area contributed by atoms with Crippen LogP contribution in [0.1, 0.15) is 0 Å². The first-order valence-electron chi connectivity index (χ1n) is 5.63. The van der Waals surface area contributed by atoms with Gasteiger partial charge in [0.2, 0.25) is 0 Å². The minimum absolute atomic E-state index is 0.267. The van der Waals surface area contributed by atoms with E-state index in [1.807, 2.05) is 18.2 Å². The van der Waals surface area contributed by atoms with E-state index < -0.39 is 0 Å². The SMILES string of the molecule is Nc1sc2ccc(Cl)cc2c1Nc1ccc(F)cc1. The van der Waals surface area contributed by atoms with E-state index in [-0.39, 0.29) is 5.82 Å². The molecule has 1 aromatic heterocycles. The summed E-state index contributed by atoms with van der Waals surface area (Å²) in [6.45, 7) is 0. The molecule has 0 radical (unpaired) electrons.